The normalized spacial score (nSPS) is 12.5. The highest BCUT2D eigenvalue weighted by Gasteiger charge is 2.10. The zero-order valence-electron chi connectivity index (χ0n) is 7.37. The van der Waals surface area contributed by atoms with Gasteiger partial charge in [-0.3, -0.25) is 4.79 Å². The average molecular weight is 235 g/mol. The molecule has 1 unspecified atom stereocenters. The number of aliphatic hydroxyl groups is 1. The van der Waals surface area contributed by atoms with E-state index in [0.29, 0.717) is 4.34 Å². The molecule has 0 saturated heterocycles. The Bertz CT molecular complexity index is 316. The molecule has 0 saturated carbocycles. The maximum atomic E-state index is 10.8. The SMILES string of the molecule is NCC(=O)NCC(O)c1ccc(Cl)s1. The molecule has 14 heavy (non-hydrogen) atoms. The van der Waals surface area contributed by atoms with Gasteiger partial charge in [0, 0.05) is 11.4 Å². The van der Waals surface area contributed by atoms with Crippen LogP contribution in [0.1, 0.15) is 11.0 Å². The predicted molar refractivity (Wildman–Crippen MR) is 56.4 cm³/mol. The molecule has 1 heterocycles. The minimum absolute atomic E-state index is 0.0715. The summed E-state index contributed by atoms with van der Waals surface area (Å²) in [6.07, 6.45) is -0.719. The van der Waals surface area contributed by atoms with Crippen molar-refractivity contribution in [2.75, 3.05) is 13.1 Å². The number of hydrogen-bond donors (Lipinski definition) is 3. The van der Waals surface area contributed by atoms with Crippen LogP contribution in [-0.4, -0.2) is 24.1 Å². The number of rotatable bonds is 4. The minimum Gasteiger partial charge on any atom is -0.386 e. The third-order valence-electron chi connectivity index (χ3n) is 1.60. The summed E-state index contributed by atoms with van der Waals surface area (Å²) in [5.41, 5.74) is 5.09. The number of thiophene rings is 1. The monoisotopic (exact) mass is 234 g/mol. The van der Waals surface area contributed by atoms with E-state index in [1.807, 2.05) is 0 Å². The van der Waals surface area contributed by atoms with Crippen molar-refractivity contribution in [1.29, 1.82) is 0 Å². The summed E-state index contributed by atoms with van der Waals surface area (Å²) in [5, 5.41) is 12.1. The van der Waals surface area contributed by atoms with Crippen LogP contribution in [0.2, 0.25) is 4.34 Å². The molecule has 1 aromatic rings. The molecule has 0 fully saturated rings. The first kappa shape index (κ1) is 11.5. The van der Waals surface area contributed by atoms with Crippen LogP contribution in [-0.2, 0) is 4.79 Å². The van der Waals surface area contributed by atoms with Gasteiger partial charge in [-0.25, -0.2) is 0 Å². The van der Waals surface area contributed by atoms with Crippen LogP contribution >= 0.6 is 22.9 Å². The van der Waals surface area contributed by atoms with Gasteiger partial charge in [-0.05, 0) is 12.1 Å². The fraction of sp³-hybridized carbons (Fsp3) is 0.375. The Hall–Kier alpha value is -0.620. The van der Waals surface area contributed by atoms with Crippen molar-refractivity contribution in [3.8, 4) is 0 Å². The minimum atomic E-state index is -0.719. The van der Waals surface area contributed by atoms with Crippen LogP contribution < -0.4 is 11.1 Å². The van der Waals surface area contributed by atoms with Gasteiger partial charge in [0.2, 0.25) is 5.91 Å². The molecule has 0 spiro atoms. The lowest BCUT2D eigenvalue weighted by Gasteiger charge is -2.08. The van der Waals surface area contributed by atoms with Crippen molar-refractivity contribution in [1.82, 2.24) is 5.32 Å². The molecule has 0 radical (unpaired) electrons. The lowest BCUT2D eigenvalue weighted by atomic mass is 10.3. The molecule has 0 aliphatic rings. The average Bonchev–Trinajstić information content (AvgIpc) is 2.60. The Morgan fingerprint density at radius 2 is 2.43 bits per heavy atom. The van der Waals surface area contributed by atoms with Gasteiger partial charge in [-0.2, -0.15) is 0 Å². The van der Waals surface area contributed by atoms with Crippen LogP contribution in [0.5, 0.6) is 0 Å². The van der Waals surface area contributed by atoms with E-state index < -0.39 is 6.10 Å². The number of carbonyl (C=O) groups is 1. The molecular formula is C8H11ClN2O2S. The Morgan fingerprint density at radius 1 is 1.71 bits per heavy atom. The van der Waals surface area contributed by atoms with Gasteiger partial charge in [0.1, 0.15) is 6.10 Å². The van der Waals surface area contributed by atoms with Gasteiger partial charge in [-0.1, -0.05) is 11.6 Å². The molecule has 1 amide bonds. The Morgan fingerprint density at radius 3 is 2.93 bits per heavy atom. The molecule has 1 atom stereocenters. The fourth-order valence-electron chi connectivity index (χ4n) is 0.891. The maximum Gasteiger partial charge on any atom is 0.233 e. The van der Waals surface area contributed by atoms with Gasteiger partial charge >= 0.3 is 0 Å². The van der Waals surface area contributed by atoms with Gasteiger partial charge in [-0.15, -0.1) is 11.3 Å². The van der Waals surface area contributed by atoms with Crippen molar-refractivity contribution in [2.24, 2.45) is 5.73 Å². The molecule has 1 rings (SSSR count). The topological polar surface area (TPSA) is 75.4 Å². The lowest BCUT2D eigenvalue weighted by Crippen LogP contribution is -2.33. The highest BCUT2D eigenvalue weighted by atomic mass is 35.5. The van der Waals surface area contributed by atoms with E-state index in [4.69, 9.17) is 17.3 Å². The quantitative estimate of drug-likeness (QED) is 0.711. The third kappa shape index (κ3) is 3.26. The van der Waals surface area contributed by atoms with Crippen LogP contribution in [0.15, 0.2) is 12.1 Å². The smallest absolute Gasteiger partial charge is 0.233 e. The van der Waals surface area contributed by atoms with Gasteiger partial charge < -0.3 is 16.2 Å². The molecule has 0 aliphatic heterocycles. The number of aliphatic hydroxyl groups excluding tert-OH is 1. The summed E-state index contributed by atoms with van der Waals surface area (Å²) in [6, 6.07) is 3.43. The molecule has 0 bridgehead atoms. The summed E-state index contributed by atoms with van der Waals surface area (Å²) in [4.78, 5) is 11.5. The van der Waals surface area contributed by atoms with E-state index >= 15 is 0 Å². The first-order valence-corrected chi connectivity index (χ1v) is 5.23. The van der Waals surface area contributed by atoms with Gasteiger partial charge in [0.05, 0.1) is 10.9 Å². The lowest BCUT2D eigenvalue weighted by molar-refractivity contribution is -0.120. The first-order valence-electron chi connectivity index (χ1n) is 4.03. The van der Waals surface area contributed by atoms with E-state index in [2.05, 4.69) is 5.32 Å². The summed E-state index contributed by atoms with van der Waals surface area (Å²) < 4.78 is 0.615. The number of nitrogens with two attached hydrogens (primary N) is 1. The second-order valence-corrected chi connectivity index (χ2v) is 4.41. The van der Waals surface area contributed by atoms with Crippen LogP contribution in [0, 0.1) is 0 Å². The number of hydrogen-bond acceptors (Lipinski definition) is 4. The Kier molecular flexibility index (Phi) is 4.34. The molecule has 4 N–H and O–H groups in total. The Balaban J connectivity index is 2.42. The van der Waals surface area contributed by atoms with E-state index in [0.717, 1.165) is 4.88 Å². The summed E-state index contributed by atoms with van der Waals surface area (Å²) in [6.45, 7) is 0.0881. The largest absolute Gasteiger partial charge is 0.386 e. The Labute approximate surface area is 90.7 Å². The fourth-order valence-corrected chi connectivity index (χ4v) is 1.94. The van der Waals surface area contributed by atoms with Crippen molar-refractivity contribution in [3.63, 3.8) is 0 Å². The van der Waals surface area contributed by atoms with Crippen molar-refractivity contribution in [3.05, 3.63) is 21.3 Å². The number of nitrogens with one attached hydrogen (secondary N) is 1. The van der Waals surface area contributed by atoms with E-state index in [-0.39, 0.29) is 19.0 Å². The van der Waals surface area contributed by atoms with E-state index in [9.17, 15) is 9.90 Å². The van der Waals surface area contributed by atoms with Gasteiger partial charge in [0.15, 0.2) is 0 Å². The number of carbonyl (C=O) groups excluding carboxylic acids is 1. The first-order chi connectivity index (χ1) is 6.63. The van der Waals surface area contributed by atoms with Crippen molar-refractivity contribution < 1.29 is 9.90 Å². The second kappa shape index (κ2) is 5.31. The van der Waals surface area contributed by atoms with Gasteiger partial charge in [0.25, 0.3) is 0 Å². The van der Waals surface area contributed by atoms with E-state index in [1.54, 1.807) is 12.1 Å². The number of amides is 1. The molecule has 0 aromatic carbocycles. The highest BCUT2D eigenvalue weighted by molar-refractivity contribution is 7.16. The third-order valence-corrected chi connectivity index (χ3v) is 2.93. The molecule has 1 aromatic heterocycles. The predicted octanol–water partition coefficient (Wildman–Crippen LogP) is 0.510. The summed E-state index contributed by atoms with van der Waals surface area (Å²) in [5.74, 6) is -0.285. The summed E-state index contributed by atoms with van der Waals surface area (Å²) >= 11 is 6.98. The maximum absolute atomic E-state index is 10.8. The zero-order valence-corrected chi connectivity index (χ0v) is 8.94. The zero-order chi connectivity index (χ0) is 10.6. The van der Waals surface area contributed by atoms with Crippen molar-refractivity contribution >= 4 is 28.8 Å². The second-order valence-electron chi connectivity index (χ2n) is 2.67. The molecule has 6 heteroatoms. The molecular weight excluding hydrogens is 224 g/mol. The van der Waals surface area contributed by atoms with Crippen LogP contribution in [0.25, 0.3) is 0 Å². The highest BCUT2D eigenvalue weighted by Crippen LogP contribution is 2.26. The number of halogens is 1. The summed E-state index contributed by atoms with van der Waals surface area (Å²) in [7, 11) is 0. The van der Waals surface area contributed by atoms with Crippen molar-refractivity contribution in [2.45, 2.75) is 6.10 Å². The van der Waals surface area contributed by atoms with Crippen LogP contribution in [0.3, 0.4) is 0 Å². The molecule has 0 aliphatic carbocycles. The van der Waals surface area contributed by atoms with E-state index in [1.165, 1.54) is 11.3 Å². The molecule has 78 valence electrons. The standard InChI is InChI=1S/C8H11ClN2O2S/c9-7-2-1-6(14-7)5(12)4-11-8(13)3-10/h1-2,5,12H,3-4,10H2,(H,11,13). The van der Waals surface area contributed by atoms with Crippen LogP contribution in [0.4, 0.5) is 0 Å². The molecule has 4 nitrogen and oxygen atoms in total.